The Morgan fingerprint density at radius 3 is 2.61 bits per heavy atom. The Kier molecular flexibility index (Phi) is 4.71. The Balaban J connectivity index is 2.02. The van der Waals surface area contributed by atoms with Crippen molar-refractivity contribution < 1.29 is 0 Å². The van der Waals surface area contributed by atoms with Crippen LogP contribution in [0.25, 0.3) is 0 Å². The molecule has 0 spiro atoms. The zero-order valence-electron chi connectivity index (χ0n) is 12.6. The van der Waals surface area contributed by atoms with Crippen LogP contribution in [0.15, 0.2) is 0 Å². The number of likely N-dealkylation sites (tertiary alicyclic amines) is 1. The van der Waals surface area contributed by atoms with Gasteiger partial charge in [0.2, 0.25) is 0 Å². The molecule has 2 aliphatic rings. The average Bonchev–Trinajstić information content (AvgIpc) is 2.80. The molecule has 1 saturated carbocycles. The van der Waals surface area contributed by atoms with Gasteiger partial charge in [-0.15, -0.1) is 0 Å². The Hall–Kier alpha value is -0.0800. The molecule has 3 atom stereocenters. The predicted molar refractivity (Wildman–Crippen MR) is 78.6 cm³/mol. The van der Waals surface area contributed by atoms with Gasteiger partial charge in [-0.2, -0.15) is 0 Å². The molecular weight excluding hydrogens is 220 g/mol. The van der Waals surface area contributed by atoms with Gasteiger partial charge in [0.25, 0.3) is 0 Å². The lowest BCUT2D eigenvalue weighted by atomic mass is 9.82. The lowest BCUT2D eigenvalue weighted by Gasteiger charge is -2.44. The van der Waals surface area contributed by atoms with E-state index in [-0.39, 0.29) is 5.54 Å². The first-order valence-electron chi connectivity index (χ1n) is 8.03. The zero-order valence-corrected chi connectivity index (χ0v) is 12.6. The van der Waals surface area contributed by atoms with Crippen LogP contribution in [0.2, 0.25) is 0 Å². The third-order valence-corrected chi connectivity index (χ3v) is 5.40. The number of fused-ring (bicyclic) bond motifs is 1. The van der Waals surface area contributed by atoms with E-state index < -0.39 is 0 Å². The highest BCUT2D eigenvalue weighted by atomic mass is 15.3. The Morgan fingerprint density at radius 1 is 1.22 bits per heavy atom. The molecule has 106 valence electrons. The summed E-state index contributed by atoms with van der Waals surface area (Å²) in [7, 11) is 0. The van der Waals surface area contributed by atoms with Gasteiger partial charge in [-0.1, -0.05) is 26.7 Å². The van der Waals surface area contributed by atoms with E-state index >= 15 is 0 Å². The first kappa shape index (κ1) is 14.3. The number of nitrogens with two attached hydrogens (primary N) is 1. The summed E-state index contributed by atoms with van der Waals surface area (Å²) >= 11 is 0. The summed E-state index contributed by atoms with van der Waals surface area (Å²) < 4.78 is 0. The summed E-state index contributed by atoms with van der Waals surface area (Å²) in [6, 6.07) is 0.847. The fourth-order valence-electron chi connectivity index (χ4n) is 4.04. The molecule has 1 saturated heterocycles. The average molecular weight is 252 g/mol. The molecule has 0 aromatic heterocycles. The normalized spacial score (nSPS) is 32.5. The molecular formula is C16H32N2. The molecule has 18 heavy (non-hydrogen) atoms. The fraction of sp³-hybridized carbons (Fsp3) is 1.00. The molecule has 2 heteroatoms. The van der Waals surface area contributed by atoms with E-state index in [0.717, 1.165) is 24.4 Å². The molecule has 2 nitrogen and oxygen atoms in total. The minimum atomic E-state index is 0.251. The topological polar surface area (TPSA) is 29.3 Å². The predicted octanol–water partition coefficient (Wildman–Crippen LogP) is 3.40. The highest BCUT2D eigenvalue weighted by Crippen LogP contribution is 2.41. The monoisotopic (exact) mass is 252 g/mol. The molecule has 0 aromatic rings. The summed E-state index contributed by atoms with van der Waals surface area (Å²) in [5, 5.41) is 0. The molecule has 1 aliphatic heterocycles. The number of hydrogen-bond donors (Lipinski definition) is 1. The molecule has 2 rings (SSSR count). The third kappa shape index (κ3) is 2.91. The van der Waals surface area contributed by atoms with Crippen molar-refractivity contribution in [2.24, 2.45) is 17.6 Å². The van der Waals surface area contributed by atoms with Crippen molar-refractivity contribution in [1.29, 1.82) is 0 Å². The van der Waals surface area contributed by atoms with Gasteiger partial charge in [0.1, 0.15) is 0 Å². The summed E-state index contributed by atoms with van der Waals surface area (Å²) in [5.74, 6) is 1.77. The molecule has 0 radical (unpaired) electrons. The summed E-state index contributed by atoms with van der Waals surface area (Å²) in [5.41, 5.74) is 6.40. The number of nitrogens with zero attached hydrogens (tertiary/aromatic N) is 1. The molecule has 2 fully saturated rings. The van der Waals surface area contributed by atoms with E-state index in [9.17, 15) is 0 Å². The maximum atomic E-state index is 6.15. The van der Waals surface area contributed by atoms with Crippen molar-refractivity contribution >= 4 is 0 Å². The Bertz CT molecular complexity index is 264. The maximum Gasteiger partial charge on any atom is 0.0306 e. The summed E-state index contributed by atoms with van der Waals surface area (Å²) in [4.78, 5) is 2.79. The highest BCUT2D eigenvalue weighted by molar-refractivity contribution is 4.99. The van der Waals surface area contributed by atoms with Crippen LogP contribution in [0.4, 0.5) is 0 Å². The van der Waals surface area contributed by atoms with Gasteiger partial charge in [0.15, 0.2) is 0 Å². The minimum absolute atomic E-state index is 0.251. The van der Waals surface area contributed by atoms with Crippen molar-refractivity contribution in [3.05, 3.63) is 0 Å². The molecule has 0 bridgehead atoms. The van der Waals surface area contributed by atoms with Crippen LogP contribution in [0.5, 0.6) is 0 Å². The van der Waals surface area contributed by atoms with Crippen LogP contribution in [0, 0.1) is 11.8 Å². The standard InChI is InChI=1S/C16H32N2/c1-13(2)8-10-16(3,12-17)18-11-9-14-6-4-5-7-15(14)18/h13-15H,4-12,17H2,1-3H3. The second-order valence-electron chi connectivity index (χ2n) is 7.23. The molecule has 3 unspecified atom stereocenters. The molecule has 0 amide bonds. The first-order chi connectivity index (χ1) is 8.57. The van der Waals surface area contributed by atoms with E-state index in [1.807, 2.05) is 0 Å². The Morgan fingerprint density at radius 2 is 1.94 bits per heavy atom. The lowest BCUT2D eigenvalue weighted by Crippen LogP contribution is -2.55. The van der Waals surface area contributed by atoms with Gasteiger partial charge in [-0.3, -0.25) is 4.90 Å². The SMILES string of the molecule is CC(C)CCC(C)(CN)N1CCC2CCCCC21. The van der Waals surface area contributed by atoms with E-state index in [2.05, 4.69) is 25.7 Å². The van der Waals surface area contributed by atoms with Crippen molar-refractivity contribution in [2.75, 3.05) is 13.1 Å². The van der Waals surface area contributed by atoms with Gasteiger partial charge < -0.3 is 5.73 Å². The molecule has 1 aliphatic carbocycles. The van der Waals surface area contributed by atoms with Gasteiger partial charge in [-0.25, -0.2) is 0 Å². The fourth-order valence-corrected chi connectivity index (χ4v) is 4.04. The second kappa shape index (κ2) is 5.92. The lowest BCUT2D eigenvalue weighted by molar-refractivity contribution is 0.0568. The summed E-state index contributed by atoms with van der Waals surface area (Å²) in [6.45, 7) is 9.17. The quantitative estimate of drug-likeness (QED) is 0.812. The van der Waals surface area contributed by atoms with Crippen LogP contribution >= 0.6 is 0 Å². The van der Waals surface area contributed by atoms with Crippen molar-refractivity contribution in [3.63, 3.8) is 0 Å². The van der Waals surface area contributed by atoms with Crippen molar-refractivity contribution in [3.8, 4) is 0 Å². The van der Waals surface area contributed by atoms with Crippen molar-refractivity contribution in [2.45, 2.75) is 77.3 Å². The van der Waals surface area contributed by atoms with Crippen LogP contribution in [0.3, 0.4) is 0 Å². The van der Waals surface area contributed by atoms with Crippen LogP contribution in [0.1, 0.15) is 65.7 Å². The van der Waals surface area contributed by atoms with Crippen LogP contribution in [-0.2, 0) is 0 Å². The Labute approximate surface area is 113 Å². The van der Waals surface area contributed by atoms with E-state index in [0.29, 0.717) is 0 Å². The second-order valence-corrected chi connectivity index (χ2v) is 7.23. The van der Waals surface area contributed by atoms with Gasteiger partial charge in [-0.05, 0) is 57.4 Å². The number of hydrogen-bond acceptors (Lipinski definition) is 2. The zero-order chi connectivity index (χ0) is 13.2. The summed E-state index contributed by atoms with van der Waals surface area (Å²) in [6.07, 6.45) is 9.77. The van der Waals surface area contributed by atoms with Crippen LogP contribution in [-0.4, -0.2) is 29.6 Å². The molecule has 0 aromatic carbocycles. The van der Waals surface area contributed by atoms with E-state index in [4.69, 9.17) is 5.73 Å². The van der Waals surface area contributed by atoms with Gasteiger partial charge in [0.05, 0.1) is 0 Å². The third-order valence-electron chi connectivity index (χ3n) is 5.40. The first-order valence-corrected chi connectivity index (χ1v) is 8.03. The number of rotatable bonds is 5. The molecule has 2 N–H and O–H groups in total. The van der Waals surface area contributed by atoms with Crippen LogP contribution < -0.4 is 5.73 Å². The highest BCUT2D eigenvalue weighted by Gasteiger charge is 2.43. The smallest absolute Gasteiger partial charge is 0.0306 e. The van der Waals surface area contributed by atoms with E-state index in [1.165, 1.54) is 51.5 Å². The largest absolute Gasteiger partial charge is 0.329 e. The van der Waals surface area contributed by atoms with Gasteiger partial charge >= 0.3 is 0 Å². The van der Waals surface area contributed by atoms with E-state index in [1.54, 1.807) is 0 Å². The molecule has 1 heterocycles. The maximum absolute atomic E-state index is 6.15. The van der Waals surface area contributed by atoms with Crippen molar-refractivity contribution in [1.82, 2.24) is 4.90 Å². The minimum Gasteiger partial charge on any atom is -0.329 e. The van der Waals surface area contributed by atoms with Gasteiger partial charge in [0, 0.05) is 18.1 Å².